The summed E-state index contributed by atoms with van der Waals surface area (Å²) < 4.78 is 4.96. The van der Waals surface area contributed by atoms with Gasteiger partial charge in [-0.15, -0.1) is 0 Å². The highest BCUT2D eigenvalue weighted by atomic mass is 16.6. The first-order valence-electron chi connectivity index (χ1n) is 4.75. The molecule has 1 rings (SSSR count). The van der Waals surface area contributed by atoms with E-state index >= 15 is 0 Å². The SMILES string of the molecule is CC(C)(C)OC(=O)N1NC(=O)CC1C(=O)O. The topological polar surface area (TPSA) is 95.9 Å². The molecule has 2 amide bonds. The van der Waals surface area contributed by atoms with Crippen LogP contribution in [0.3, 0.4) is 0 Å². The molecular formula is C9H14N2O5. The number of rotatable bonds is 1. The zero-order chi connectivity index (χ0) is 12.5. The quantitative estimate of drug-likeness (QED) is 0.666. The number of hydrogen-bond acceptors (Lipinski definition) is 4. The van der Waals surface area contributed by atoms with Crippen LogP contribution < -0.4 is 5.43 Å². The van der Waals surface area contributed by atoms with Gasteiger partial charge in [0.2, 0.25) is 5.91 Å². The number of ether oxygens (including phenoxy) is 1. The number of aliphatic carboxylic acids is 1. The molecule has 1 aliphatic heterocycles. The van der Waals surface area contributed by atoms with Crippen molar-refractivity contribution in [2.45, 2.75) is 38.8 Å². The van der Waals surface area contributed by atoms with Crippen LogP contribution in [0.5, 0.6) is 0 Å². The van der Waals surface area contributed by atoms with Crippen molar-refractivity contribution in [2.24, 2.45) is 0 Å². The Bertz CT molecular complexity index is 333. The summed E-state index contributed by atoms with van der Waals surface area (Å²) in [5.41, 5.74) is 1.40. The number of hydrazine groups is 1. The van der Waals surface area contributed by atoms with Crippen molar-refractivity contribution in [2.75, 3.05) is 0 Å². The second-order valence-electron chi connectivity index (χ2n) is 4.44. The van der Waals surface area contributed by atoms with Crippen LogP contribution in [0.1, 0.15) is 27.2 Å². The molecule has 1 heterocycles. The summed E-state index contributed by atoms with van der Waals surface area (Å²) in [4.78, 5) is 33.3. The monoisotopic (exact) mass is 230 g/mol. The molecule has 1 aliphatic rings. The van der Waals surface area contributed by atoms with Crippen LogP contribution in [0.2, 0.25) is 0 Å². The molecule has 90 valence electrons. The highest BCUT2D eigenvalue weighted by Gasteiger charge is 2.41. The molecular weight excluding hydrogens is 216 g/mol. The summed E-state index contributed by atoms with van der Waals surface area (Å²) in [6, 6.07) is -1.21. The van der Waals surface area contributed by atoms with Gasteiger partial charge in [0.1, 0.15) is 5.60 Å². The number of carboxylic acids is 1. The Kier molecular flexibility index (Phi) is 3.06. The third-order valence-electron chi connectivity index (χ3n) is 1.81. The van der Waals surface area contributed by atoms with Crippen LogP contribution >= 0.6 is 0 Å². The third kappa shape index (κ3) is 2.85. The molecule has 1 fully saturated rings. The van der Waals surface area contributed by atoms with Gasteiger partial charge in [0.25, 0.3) is 0 Å². The molecule has 0 aliphatic carbocycles. The Morgan fingerprint density at radius 2 is 2.06 bits per heavy atom. The van der Waals surface area contributed by atoms with Gasteiger partial charge in [-0.3, -0.25) is 10.2 Å². The fourth-order valence-electron chi connectivity index (χ4n) is 1.21. The molecule has 7 heteroatoms. The highest BCUT2D eigenvalue weighted by molar-refractivity contribution is 5.92. The largest absolute Gasteiger partial charge is 0.480 e. The van der Waals surface area contributed by atoms with E-state index < -0.39 is 29.6 Å². The number of carbonyl (C=O) groups is 3. The zero-order valence-electron chi connectivity index (χ0n) is 9.31. The van der Waals surface area contributed by atoms with E-state index in [-0.39, 0.29) is 6.42 Å². The number of hydrogen-bond donors (Lipinski definition) is 2. The lowest BCUT2D eigenvalue weighted by atomic mass is 10.2. The molecule has 1 unspecified atom stereocenters. The molecule has 0 aromatic heterocycles. The number of amides is 2. The molecule has 16 heavy (non-hydrogen) atoms. The zero-order valence-corrected chi connectivity index (χ0v) is 9.31. The molecule has 0 radical (unpaired) electrons. The summed E-state index contributed by atoms with van der Waals surface area (Å²) in [7, 11) is 0. The average molecular weight is 230 g/mol. The maximum absolute atomic E-state index is 11.5. The average Bonchev–Trinajstić information content (AvgIpc) is 2.44. The Morgan fingerprint density at radius 1 is 1.50 bits per heavy atom. The molecule has 1 atom stereocenters. The summed E-state index contributed by atoms with van der Waals surface area (Å²) >= 11 is 0. The molecule has 0 aromatic rings. The van der Waals surface area contributed by atoms with Crippen molar-refractivity contribution in [3.8, 4) is 0 Å². The Labute approximate surface area is 92.3 Å². The van der Waals surface area contributed by atoms with E-state index in [4.69, 9.17) is 9.84 Å². The van der Waals surface area contributed by atoms with E-state index in [0.717, 1.165) is 0 Å². The van der Waals surface area contributed by atoms with Crippen molar-refractivity contribution >= 4 is 18.0 Å². The van der Waals surface area contributed by atoms with Crippen LogP contribution in [0.25, 0.3) is 0 Å². The first kappa shape index (κ1) is 12.3. The van der Waals surface area contributed by atoms with Crippen LogP contribution in [0, 0.1) is 0 Å². The minimum absolute atomic E-state index is 0.255. The smallest absolute Gasteiger partial charge is 0.430 e. The minimum Gasteiger partial charge on any atom is -0.480 e. The minimum atomic E-state index is -1.25. The van der Waals surface area contributed by atoms with E-state index in [2.05, 4.69) is 5.43 Å². The standard InChI is InChI=1S/C9H14N2O5/c1-9(2,3)16-8(15)11-5(7(13)14)4-6(12)10-11/h5H,4H2,1-3H3,(H,10,12)(H,13,14). The summed E-state index contributed by atoms with van der Waals surface area (Å²) in [6.07, 6.45) is -1.13. The number of carbonyl (C=O) groups excluding carboxylic acids is 2. The number of nitrogens with one attached hydrogen (secondary N) is 1. The third-order valence-corrected chi connectivity index (χ3v) is 1.81. The highest BCUT2D eigenvalue weighted by Crippen LogP contribution is 2.15. The van der Waals surface area contributed by atoms with Gasteiger partial charge in [-0.1, -0.05) is 0 Å². The van der Waals surface area contributed by atoms with Crippen LogP contribution in [0.15, 0.2) is 0 Å². The van der Waals surface area contributed by atoms with Gasteiger partial charge in [-0.2, -0.15) is 0 Å². The number of nitrogens with zero attached hydrogens (tertiary/aromatic N) is 1. The Balaban J connectivity index is 2.75. The van der Waals surface area contributed by atoms with Gasteiger partial charge >= 0.3 is 12.1 Å². The lowest BCUT2D eigenvalue weighted by Crippen LogP contribution is -2.48. The predicted octanol–water partition coefficient (Wildman–Crippen LogP) is 0.112. The molecule has 7 nitrogen and oxygen atoms in total. The van der Waals surface area contributed by atoms with E-state index in [0.29, 0.717) is 5.01 Å². The summed E-state index contributed by atoms with van der Waals surface area (Å²) in [6.45, 7) is 4.95. The van der Waals surface area contributed by atoms with Crippen LogP contribution in [-0.2, 0) is 14.3 Å². The first-order valence-corrected chi connectivity index (χ1v) is 4.75. The van der Waals surface area contributed by atoms with E-state index in [1.165, 1.54) is 0 Å². The van der Waals surface area contributed by atoms with Gasteiger partial charge in [-0.05, 0) is 20.8 Å². The van der Waals surface area contributed by atoms with E-state index in [1.807, 2.05) is 0 Å². The van der Waals surface area contributed by atoms with Gasteiger partial charge in [0, 0.05) is 0 Å². The lowest BCUT2D eigenvalue weighted by Gasteiger charge is -2.25. The van der Waals surface area contributed by atoms with Crippen molar-refractivity contribution in [3.63, 3.8) is 0 Å². The molecule has 2 N–H and O–H groups in total. The van der Waals surface area contributed by atoms with Crippen molar-refractivity contribution in [1.82, 2.24) is 10.4 Å². The second-order valence-corrected chi connectivity index (χ2v) is 4.44. The molecule has 0 spiro atoms. The molecule has 0 bridgehead atoms. The van der Waals surface area contributed by atoms with Gasteiger partial charge in [0.05, 0.1) is 6.42 Å². The second kappa shape index (κ2) is 3.99. The van der Waals surface area contributed by atoms with Gasteiger partial charge in [-0.25, -0.2) is 14.6 Å². The first-order chi connectivity index (χ1) is 7.20. The van der Waals surface area contributed by atoms with Crippen molar-refractivity contribution < 1.29 is 24.2 Å². The normalized spacial score (nSPS) is 20.6. The Morgan fingerprint density at radius 3 is 2.50 bits per heavy atom. The van der Waals surface area contributed by atoms with Crippen LogP contribution in [-0.4, -0.2) is 39.7 Å². The fourth-order valence-corrected chi connectivity index (χ4v) is 1.21. The maximum Gasteiger partial charge on any atom is 0.430 e. The molecule has 0 saturated carbocycles. The van der Waals surface area contributed by atoms with Crippen molar-refractivity contribution in [1.29, 1.82) is 0 Å². The predicted molar refractivity (Wildman–Crippen MR) is 52.3 cm³/mol. The van der Waals surface area contributed by atoms with Crippen molar-refractivity contribution in [3.05, 3.63) is 0 Å². The maximum atomic E-state index is 11.5. The summed E-state index contributed by atoms with van der Waals surface area (Å²) in [5.74, 6) is -1.76. The number of carboxylic acid groups (broad SMARTS) is 1. The Hall–Kier alpha value is -1.79. The van der Waals surface area contributed by atoms with Gasteiger partial charge in [0.15, 0.2) is 6.04 Å². The fraction of sp³-hybridized carbons (Fsp3) is 0.667. The summed E-state index contributed by atoms with van der Waals surface area (Å²) in [5, 5.41) is 9.51. The molecule has 1 saturated heterocycles. The van der Waals surface area contributed by atoms with E-state index in [9.17, 15) is 14.4 Å². The van der Waals surface area contributed by atoms with E-state index in [1.54, 1.807) is 20.8 Å². The lowest BCUT2D eigenvalue weighted by molar-refractivity contribution is -0.142. The van der Waals surface area contributed by atoms with Crippen LogP contribution in [0.4, 0.5) is 4.79 Å². The van der Waals surface area contributed by atoms with Gasteiger partial charge < -0.3 is 9.84 Å². The molecule has 0 aromatic carbocycles.